The summed E-state index contributed by atoms with van der Waals surface area (Å²) in [6.45, 7) is 0.610. The molecule has 1 aromatic carbocycles. The lowest BCUT2D eigenvalue weighted by Gasteiger charge is -2.08. The highest BCUT2D eigenvalue weighted by molar-refractivity contribution is 6.14. The molecule has 3 heterocycles. The van der Waals surface area contributed by atoms with E-state index in [2.05, 4.69) is 15.6 Å². The van der Waals surface area contributed by atoms with Crippen molar-refractivity contribution in [2.24, 2.45) is 7.05 Å². The molecule has 3 aromatic heterocycles. The molecule has 30 heavy (non-hydrogen) atoms. The maximum atomic E-state index is 12.6. The first-order chi connectivity index (χ1) is 14.6. The summed E-state index contributed by atoms with van der Waals surface area (Å²) in [5.41, 5.74) is 2.92. The first kappa shape index (κ1) is 19.3. The molecule has 0 bridgehead atoms. The molecule has 0 spiro atoms. The smallest absolute Gasteiger partial charge is 0.356 e. The van der Waals surface area contributed by atoms with Crippen LogP contribution < -0.4 is 10.6 Å². The number of furan rings is 1. The van der Waals surface area contributed by atoms with Crippen molar-refractivity contribution in [3.05, 3.63) is 78.0 Å². The summed E-state index contributed by atoms with van der Waals surface area (Å²) in [7, 11) is 2.99. The second-order valence-electron chi connectivity index (χ2n) is 6.64. The van der Waals surface area contributed by atoms with Gasteiger partial charge in [-0.15, -0.1) is 0 Å². The highest BCUT2D eigenvalue weighted by Gasteiger charge is 2.25. The minimum absolute atomic E-state index is 0.133. The molecule has 8 heteroatoms. The molecular weight excluding hydrogens is 384 g/mol. The number of pyridine rings is 1. The van der Waals surface area contributed by atoms with Crippen LogP contribution in [-0.2, 0) is 18.3 Å². The number of amides is 1. The van der Waals surface area contributed by atoms with Crippen molar-refractivity contribution >= 4 is 34.3 Å². The van der Waals surface area contributed by atoms with Crippen LogP contribution >= 0.6 is 0 Å². The van der Waals surface area contributed by atoms with Crippen LogP contribution in [0.4, 0.5) is 11.4 Å². The Kier molecular flexibility index (Phi) is 5.21. The first-order valence-electron chi connectivity index (χ1n) is 9.28. The summed E-state index contributed by atoms with van der Waals surface area (Å²) < 4.78 is 11.7. The van der Waals surface area contributed by atoms with Gasteiger partial charge < -0.3 is 24.4 Å². The summed E-state index contributed by atoms with van der Waals surface area (Å²) in [4.78, 5) is 29.5. The minimum Gasteiger partial charge on any atom is -0.464 e. The number of ether oxygens (including phenoxy) is 1. The standard InChI is InChI=1S/C22H20N4O4/c1-26-19(22(28)29-2)18(25-21(27)17-9-6-10-30-17)16-11-15(13-24-20(16)26)23-12-14-7-4-3-5-8-14/h3-11,13,23H,12H2,1-2H3,(H,25,27). The van der Waals surface area contributed by atoms with E-state index >= 15 is 0 Å². The van der Waals surface area contributed by atoms with E-state index in [-0.39, 0.29) is 11.5 Å². The van der Waals surface area contributed by atoms with Crippen LogP contribution in [0.5, 0.6) is 0 Å². The van der Waals surface area contributed by atoms with E-state index in [1.54, 1.807) is 29.9 Å². The van der Waals surface area contributed by atoms with Gasteiger partial charge in [0.05, 0.1) is 30.9 Å². The van der Waals surface area contributed by atoms with Crippen LogP contribution in [0.3, 0.4) is 0 Å². The van der Waals surface area contributed by atoms with Gasteiger partial charge in [0.15, 0.2) is 11.5 Å². The number of esters is 1. The van der Waals surface area contributed by atoms with Gasteiger partial charge >= 0.3 is 5.97 Å². The number of nitrogens with one attached hydrogen (secondary N) is 2. The fourth-order valence-electron chi connectivity index (χ4n) is 3.25. The summed E-state index contributed by atoms with van der Waals surface area (Å²) in [6.07, 6.45) is 3.09. The van der Waals surface area contributed by atoms with Gasteiger partial charge in [-0.2, -0.15) is 0 Å². The third-order valence-corrected chi connectivity index (χ3v) is 4.73. The van der Waals surface area contributed by atoms with Gasteiger partial charge in [0.1, 0.15) is 5.65 Å². The molecule has 2 N–H and O–H groups in total. The number of aryl methyl sites for hydroxylation is 1. The van der Waals surface area contributed by atoms with E-state index in [0.29, 0.717) is 23.3 Å². The van der Waals surface area contributed by atoms with Crippen molar-refractivity contribution in [1.29, 1.82) is 0 Å². The van der Waals surface area contributed by atoms with Gasteiger partial charge in [-0.25, -0.2) is 9.78 Å². The molecule has 0 saturated carbocycles. The Labute approximate surface area is 172 Å². The average Bonchev–Trinajstić information content (AvgIpc) is 3.40. The summed E-state index contributed by atoms with van der Waals surface area (Å²) in [5.74, 6) is -0.918. The number of fused-ring (bicyclic) bond motifs is 1. The molecule has 0 aliphatic heterocycles. The van der Waals surface area contributed by atoms with E-state index < -0.39 is 11.9 Å². The van der Waals surface area contributed by atoms with Crippen molar-refractivity contribution in [3.8, 4) is 0 Å². The topological polar surface area (TPSA) is 98.4 Å². The van der Waals surface area contributed by atoms with E-state index in [0.717, 1.165) is 11.3 Å². The van der Waals surface area contributed by atoms with Crippen LogP contribution in [0.1, 0.15) is 26.6 Å². The second kappa shape index (κ2) is 8.12. The number of anilines is 2. The van der Waals surface area contributed by atoms with Crippen molar-refractivity contribution < 1.29 is 18.7 Å². The van der Waals surface area contributed by atoms with Crippen molar-refractivity contribution in [3.63, 3.8) is 0 Å². The average molecular weight is 404 g/mol. The third-order valence-electron chi connectivity index (χ3n) is 4.73. The largest absolute Gasteiger partial charge is 0.464 e. The molecule has 4 aromatic rings. The Hall–Kier alpha value is -4.07. The maximum Gasteiger partial charge on any atom is 0.356 e. The lowest BCUT2D eigenvalue weighted by atomic mass is 10.2. The second-order valence-corrected chi connectivity index (χ2v) is 6.64. The lowest BCUT2D eigenvalue weighted by molar-refractivity contribution is 0.0591. The molecule has 152 valence electrons. The molecule has 8 nitrogen and oxygen atoms in total. The molecule has 0 aliphatic rings. The number of benzene rings is 1. The number of aromatic nitrogens is 2. The molecule has 0 unspecified atom stereocenters. The van der Waals surface area contributed by atoms with Crippen LogP contribution in [0.25, 0.3) is 11.0 Å². The van der Waals surface area contributed by atoms with Crippen molar-refractivity contribution in [2.75, 3.05) is 17.7 Å². The number of carbonyl (C=O) groups excluding carboxylic acids is 2. The number of rotatable bonds is 6. The van der Waals surface area contributed by atoms with Crippen molar-refractivity contribution in [1.82, 2.24) is 9.55 Å². The van der Waals surface area contributed by atoms with Gasteiger partial charge in [0, 0.05) is 19.0 Å². The summed E-state index contributed by atoms with van der Waals surface area (Å²) in [5, 5.41) is 6.69. The van der Waals surface area contributed by atoms with Crippen LogP contribution in [0.15, 0.2) is 65.4 Å². The van der Waals surface area contributed by atoms with Crippen LogP contribution in [0, 0.1) is 0 Å². The first-order valence-corrected chi connectivity index (χ1v) is 9.28. The predicted octanol–water partition coefficient (Wildman–Crippen LogP) is 3.82. The molecule has 0 atom stereocenters. The Balaban J connectivity index is 1.73. The zero-order chi connectivity index (χ0) is 21.1. The number of nitrogens with zero attached hydrogens (tertiary/aromatic N) is 2. The molecule has 0 saturated heterocycles. The third kappa shape index (κ3) is 3.62. The van der Waals surface area contributed by atoms with Gasteiger partial charge in [-0.1, -0.05) is 30.3 Å². The van der Waals surface area contributed by atoms with E-state index in [1.807, 2.05) is 36.4 Å². The predicted molar refractivity (Wildman–Crippen MR) is 112 cm³/mol. The van der Waals surface area contributed by atoms with Gasteiger partial charge in [0.2, 0.25) is 0 Å². The number of hydrogen-bond donors (Lipinski definition) is 2. The van der Waals surface area contributed by atoms with E-state index in [9.17, 15) is 9.59 Å². The number of carbonyl (C=O) groups is 2. The van der Waals surface area contributed by atoms with Crippen molar-refractivity contribution in [2.45, 2.75) is 6.54 Å². The maximum absolute atomic E-state index is 12.6. The normalized spacial score (nSPS) is 10.7. The van der Waals surface area contributed by atoms with Gasteiger partial charge in [-0.05, 0) is 23.8 Å². The molecular formula is C22H20N4O4. The fourth-order valence-corrected chi connectivity index (χ4v) is 3.25. The number of hydrogen-bond acceptors (Lipinski definition) is 6. The lowest BCUT2D eigenvalue weighted by Crippen LogP contribution is -2.16. The van der Waals surface area contributed by atoms with Crippen LogP contribution in [0.2, 0.25) is 0 Å². The minimum atomic E-state index is -0.580. The SMILES string of the molecule is COC(=O)c1c(NC(=O)c2ccco2)c2cc(NCc3ccccc3)cnc2n1C. The zero-order valence-corrected chi connectivity index (χ0v) is 16.5. The summed E-state index contributed by atoms with van der Waals surface area (Å²) >= 11 is 0. The van der Waals surface area contributed by atoms with Crippen LogP contribution in [-0.4, -0.2) is 28.5 Å². The zero-order valence-electron chi connectivity index (χ0n) is 16.5. The molecule has 1 amide bonds. The quantitative estimate of drug-likeness (QED) is 0.474. The molecule has 0 radical (unpaired) electrons. The highest BCUT2D eigenvalue weighted by Crippen LogP contribution is 2.32. The Morgan fingerprint density at radius 1 is 1.17 bits per heavy atom. The van der Waals surface area contributed by atoms with Gasteiger partial charge in [-0.3, -0.25) is 4.79 Å². The molecule has 0 aliphatic carbocycles. The van der Waals surface area contributed by atoms with E-state index in [1.165, 1.54) is 13.4 Å². The highest BCUT2D eigenvalue weighted by atomic mass is 16.5. The van der Waals surface area contributed by atoms with E-state index in [4.69, 9.17) is 9.15 Å². The molecule has 4 rings (SSSR count). The fraction of sp³-hybridized carbons (Fsp3) is 0.136. The monoisotopic (exact) mass is 404 g/mol. The Bertz CT molecular complexity index is 1200. The molecule has 0 fully saturated rings. The Morgan fingerprint density at radius 3 is 2.67 bits per heavy atom. The summed E-state index contributed by atoms with van der Waals surface area (Å²) in [6, 6.07) is 15.0. The number of methoxy groups -OCH3 is 1. The van der Waals surface area contributed by atoms with Gasteiger partial charge in [0.25, 0.3) is 5.91 Å². The Morgan fingerprint density at radius 2 is 1.97 bits per heavy atom.